The minimum Gasteiger partial charge on any atom is -0.462 e. The van der Waals surface area contributed by atoms with Crippen LogP contribution in [0.2, 0.25) is 0 Å². The first kappa shape index (κ1) is 15.4. The molecule has 0 amide bonds. The quantitative estimate of drug-likeness (QED) is 0.711. The zero-order valence-electron chi connectivity index (χ0n) is 11.7. The number of ether oxygens (including phenoxy) is 2. The molecule has 1 rings (SSSR count). The van der Waals surface area contributed by atoms with Crippen molar-refractivity contribution in [3.63, 3.8) is 0 Å². The molecule has 1 aliphatic carbocycles. The van der Waals surface area contributed by atoms with Gasteiger partial charge in [0.2, 0.25) is 0 Å². The van der Waals surface area contributed by atoms with Crippen molar-refractivity contribution in [1.82, 2.24) is 0 Å². The van der Waals surface area contributed by atoms with Crippen molar-refractivity contribution in [1.29, 1.82) is 0 Å². The van der Waals surface area contributed by atoms with Crippen molar-refractivity contribution in [2.75, 3.05) is 13.2 Å². The fraction of sp³-hybridized carbons (Fsp3) is 0.929. The summed E-state index contributed by atoms with van der Waals surface area (Å²) < 4.78 is 10.9. The summed E-state index contributed by atoms with van der Waals surface area (Å²) in [6.07, 6.45) is 5.82. The van der Waals surface area contributed by atoms with Crippen LogP contribution in [0.3, 0.4) is 0 Å². The number of carbonyl (C=O) groups excluding carboxylic acids is 1. The van der Waals surface area contributed by atoms with Crippen molar-refractivity contribution in [3.8, 4) is 0 Å². The molecule has 0 radical (unpaired) electrons. The predicted molar refractivity (Wildman–Crippen MR) is 71.2 cm³/mol. The largest absolute Gasteiger partial charge is 0.462 e. The Kier molecular flexibility index (Phi) is 7.28. The third-order valence-corrected chi connectivity index (χ3v) is 3.67. The summed E-state index contributed by atoms with van der Waals surface area (Å²) in [6, 6.07) is 0. The molecular weight excluding hydrogens is 230 g/mol. The van der Waals surface area contributed by atoms with E-state index in [2.05, 4.69) is 6.92 Å². The van der Waals surface area contributed by atoms with E-state index in [4.69, 9.17) is 15.2 Å². The molecule has 1 fully saturated rings. The first-order valence-electron chi connectivity index (χ1n) is 7.20. The van der Waals surface area contributed by atoms with Gasteiger partial charge in [-0.1, -0.05) is 19.8 Å². The highest BCUT2D eigenvalue weighted by atomic mass is 16.5. The molecular formula is C14H27NO3. The summed E-state index contributed by atoms with van der Waals surface area (Å²) in [5.41, 5.74) is 5.55. The lowest BCUT2D eigenvalue weighted by Crippen LogP contribution is -2.31. The van der Waals surface area contributed by atoms with Gasteiger partial charge in [0.25, 0.3) is 0 Å². The average Bonchev–Trinajstić information content (AvgIpc) is 2.38. The summed E-state index contributed by atoms with van der Waals surface area (Å²) in [7, 11) is 0. The van der Waals surface area contributed by atoms with Gasteiger partial charge in [-0.25, -0.2) is 0 Å². The first-order chi connectivity index (χ1) is 8.69. The molecule has 3 atom stereocenters. The second-order valence-electron chi connectivity index (χ2n) is 5.07. The zero-order chi connectivity index (χ0) is 13.4. The van der Waals surface area contributed by atoms with E-state index in [9.17, 15) is 4.79 Å². The van der Waals surface area contributed by atoms with E-state index in [1.54, 1.807) is 0 Å². The molecule has 0 bridgehead atoms. The molecule has 106 valence electrons. The molecule has 4 heteroatoms. The minimum absolute atomic E-state index is 0.108. The van der Waals surface area contributed by atoms with Crippen molar-refractivity contribution in [3.05, 3.63) is 0 Å². The lowest BCUT2D eigenvalue weighted by molar-refractivity contribution is -0.154. The van der Waals surface area contributed by atoms with Crippen molar-refractivity contribution in [2.24, 2.45) is 11.7 Å². The molecule has 2 N–H and O–H groups in total. The van der Waals surface area contributed by atoms with Crippen molar-refractivity contribution < 1.29 is 14.3 Å². The fourth-order valence-corrected chi connectivity index (χ4v) is 2.59. The van der Waals surface area contributed by atoms with Gasteiger partial charge in [0.15, 0.2) is 0 Å². The number of hydrogen-bond donors (Lipinski definition) is 1. The van der Waals surface area contributed by atoms with Gasteiger partial charge >= 0.3 is 5.97 Å². The van der Waals surface area contributed by atoms with Crippen LogP contribution in [-0.2, 0) is 14.3 Å². The van der Waals surface area contributed by atoms with Gasteiger partial charge in [0, 0.05) is 13.2 Å². The van der Waals surface area contributed by atoms with Crippen LogP contribution in [-0.4, -0.2) is 31.3 Å². The third-order valence-electron chi connectivity index (χ3n) is 3.67. The summed E-state index contributed by atoms with van der Waals surface area (Å²) in [6.45, 7) is 5.05. The van der Waals surface area contributed by atoms with Crippen LogP contribution >= 0.6 is 0 Å². The Bertz CT molecular complexity index is 245. The van der Waals surface area contributed by atoms with Gasteiger partial charge in [-0.15, -0.1) is 0 Å². The Balaban J connectivity index is 2.30. The first-order valence-corrected chi connectivity index (χ1v) is 7.20. The summed E-state index contributed by atoms with van der Waals surface area (Å²) in [4.78, 5) is 11.8. The third kappa shape index (κ3) is 5.36. The van der Waals surface area contributed by atoms with Gasteiger partial charge in [0.05, 0.1) is 12.5 Å². The normalized spacial score (nSPS) is 25.7. The smallest absolute Gasteiger partial charge is 0.308 e. The SMILES string of the molecule is CCOC(CN)CC(=O)OC1CCCC(CC)C1. The molecule has 1 saturated carbocycles. The number of hydrogen-bond acceptors (Lipinski definition) is 4. The molecule has 0 heterocycles. The highest BCUT2D eigenvalue weighted by Gasteiger charge is 2.24. The van der Waals surface area contributed by atoms with Crippen LogP contribution in [0.4, 0.5) is 0 Å². The van der Waals surface area contributed by atoms with Crippen LogP contribution in [0, 0.1) is 5.92 Å². The molecule has 0 aliphatic heterocycles. The van der Waals surface area contributed by atoms with E-state index in [0.29, 0.717) is 19.1 Å². The monoisotopic (exact) mass is 257 g/mol. The molecule has 1 aliphatic rings. The zero-order valence-corrected chi connectivity index (χ0v) is 11.7. The maximum Gasteiger partial charge on any atom is 0.308 e. The minimum atomic E-state index is -0.201. The van der Waals surface area contributed by atoms with Crippen LogP contribution in [0.1, 0.15) is 52.4 Å². The van der Waals surface area contributed by atoms with Gasteiger partial charge in [-0.2, -0.15) is 0 Å². The second-order valence-corrected chi connectivity index (χ2v) is 5.07. The van der Waals surface area contributed by atoms with Crippen LogP contribution < -0.4 is 5.73 Å². The molecule has 0 aromatic heterocycles. The van der Waals surface area contributed by atoms with Crippen molar-refractivity contribution in [2.45, 2.75) is 64.6 Å². The molecule has 0 spiro atoms. The number of carbonyl (C=O) groups is 1. The molecule has 0 aromatic rings. The lowest BCUT2D eigenvalue weighted by Gasteiger charge is -2.28. The van der Waals surface area contributed by atoms with Gasteiger partial charge in [-0.3, -0.25) is 4.79 Å². The topological polar surface area (TPSA) is 61.5 Å². The standard InChI is InChI=1S/C14H27NO3/c1-3-11-6-5-7-12(8-11)18-14(16)9-13(10-15)17-4-2/h11-13H,3-10,15H2,1-2H3. The van der Waals surface area contributed by atoms with Gasteiger partial charge in [-0.05, 0) is 32.1 Å². The van der Waals surface area contributed by atoms with Crippen LogP contribution in [0.15, 0.2) is 0 Å². The lowest BCUT2D eigenvalue weighted by atomic mass is 9.85. The van der Waals surface area contributed by atoms with Crippen LogP contribution in [0.25, 0.3) is 0 Å². The van der Waals surface area contributed by atoms with E-state index in [1.807, 2.05) is 6.92 Å². The van der Waals surface area contributed by atoms with E-state index in [1.165, 1.54) is 19.3 Å². The Morgan fingerprint density at radius 3 is 2.78 bits per heavy atom. The molecule has 18 heavy (non-hydrogen) atoms. The highest BCUT2D eigenvalue weighted by Crippen LogP contribution is 2.28. The predicted octanol–water partition coefficient (Wildman–Crippen LogP) is 2.25. The van der Waals surface area contributed by atoms with E-state index >= 15 is 0 Å². The Hall–Kier alpha value is -0.610. The average molecular weight is 257 g/mol. The molecule has 0 aromatic carbocycles. The second kappa shape index (κ2) is 8.48. The fourth-order valence-electron chi connectivity index (χ4n) is 2.59. The van der Waals surface area contributed by atoms with Gasteiger partial charge in [0.1, 0.15) is 6.10 Å². The maximum atomic E-state index is 11.8. The van der Waals surface area contributed by atoms with Gasteiger partial charge < -0.3 is 15.2 Å². The van der Waals surface area contributed by atoms with Crippen molar-refractivity contribution >= 4 is 5.97 Å². The maximum absolute atomic E-state index is 11.8. The number of esters is 1. The molecule has 4 nitrogen and oxygen atoms in total. The summed E-state index contributed by atoms with van der Waals surface area (Å²) >= 11 is 0. The van der Waals surface area contributed by atoms with E-state index in [-0.39, 0.29) is 24.6 Å². The Morgan fingerprint density at radius 2 is 2.17 bits per heavy atom. The number of nitrogens with two attached hydrogens (primary N) is 1. The van der Waals surface area contributed by atoms with E-state index < -0.39 is 0 Å². The Labute approximate surface area is 110 Å². The molecule has 0 saturated heterocycles. The summed E-state index contributed by atoms with van der Waals surface area (Å²) in [5, 5.41) is 0. The summed E-state index contributed by atoms with van der Waals surface area (Å²) in [5.74, 6) is 0.550. The molecule has 3 unspecified atom stereocenters. The highest BCUT2D eigenvalue weighted by molar-refractivity contribution is 5.70. The van der Waals surface area contributed by atoms with E-state index in [0.717, 1.165) is 12.8 Å². The Morgan fingerprint density at radius 1 is 1.39 bits per heavy atom. The number of rotatable bonds is 7. The van der Waals surface area contributed by atoms with Crippen LogP contribution in [0.5, 0.6) is 0 Å².